The number of benzene rings is 2. The molecule has 1 aliphatic heterocycles. The standard InChI is InChI=1S/C21H21N3O7S/c1-3-13(2)22-20-21(23-19(31-20)15-6-4-5-7-16(15)24(25)26)32(27,28)14-8-9-17-18(12-14)30-11-10-29-17/h4-9,12-13,22H,3,10-11H2,1-2H3. The summed E-state index contributed by atoms with van der Waals surface area (Å²) in [6.45, 7) is 4.47. The molecule has 0 radical (unpaired) electrons. The molecule has 11 heteroatoms. The highest BCUT2D eigenvalue weighted by molar-refractivity contribution is 7.91. The van der Waals surface area contributed by atoms with Crippen LogP contribution in [0.3, 0.4) is 0 Å². The zero-order chi connectivity index (χ0) is 22.9. The van der Waals surface area contributed by atoms with E-state index in [-0.39, 0.29) is 39.0 Å². The van der Waals surface area contributed by atoms with Crippen LogP contribution in [0.5, 0.6) is 11.5 Å². The van der Waals surface area contributed by atoms with E-state index in [4.69, 9.17) is 13.9 Å². The smallest absolute Gasteiger partial charge is 0.282 e. The van der Waals surface area contributed by atoms with Crippen molar-refractivity contribution >= 4 is 21.4 Å². The van der Waals surface area contributed by atoms with Crippen LogP contribution in [0.4, 0.5) is 11.6 Å². The number of nitrogens with zero attached hydrogens (tertiary/aromatic N) is 2. The molecule has 0 saturated carbocycles. The highest BCUT2D eigenvalue weighted by Gasteiger charge is 2.32. The van der Waals surface area contributed by atoms with Crippen molar-refractivity contribution in [3.8, 4) is 23.0 Å². The second kappa shape index (κ2) is 8.50. The summed E-state index contributed by atoms with van der Waals surface area (Å²) < 4.78 is 43.6. The van der Waals surface area contributed by atoms with Gasteiger partial charge in [0.25, 0.3) is 5.69 Å². The Labute approximate surface area is 184 Å². The van der Waals surface area contributed by atoms with Gasteiger partial charge in [0.15, 0.2) is 11.5 Å². The van der Waals surface area contributed by atoms with Gasteiger partial charge in [0.2, 0.25) is 26.6 Å². The van der Waals surface area contributed by atoms with E-state index in [9.17, 15) is 18.5 Å². The van der Waals surface area contributed by atoms with Gasteiger partial charge in [-0.2, -0.15) is 4.98 Å². The minimum absolute atomic E-state index is 0.0589. The van der Waals surface area contributed by atoms with Gasteiger partial charge < -0.3 is 19.2 Å². The van der Waals surface area contributed by atoms with E-state index in [0.29, 0.717) is 31.1 Å². The van der Waals surface area contributed by atoms with Gasteiger partial charge in [0.1, 0.15) is 18.8 Å². The van der Waals surface area contributed by atoms with Gasteiger partial charge in [0, 0.05) is 18.2 Å². The van der Waals surface area contributed by atoms with Crippen molar-refractivity contribution in [1.82, 2.24) is 4.98 Å². The molecule has 3 aromatic rings. The van der Waals surface area contributed by atoms with Crippen LogP contribution in [0.2, 0.25) is 0 Å². The fourth-order valence-corrected chi connectivity index (χ4v) is 4.42. The lowest BCUT2D eigenvalue weighted by Gasteiger charge is -2.18. The van der Waals surface area contributed by atoms with E-state index in [1.165, 1.54) is 36.4 Å². The van der Waals surface area contributed by atoms with Crippen molar-refractivity contribution < 1.29 is 27.2 Å². The third-order valence-corrected chi connectivity index (χ3v) is 6.66. The number of aromatic nitrogens is 1. The summed E-state index contributed by atoms with van der Waals surface area (Å²) >= 11 is 0. The van der Waals surface area contributed by atoms with Gasteiger partial charge in [0.05, 0.1) is 9.82 Å². The molecule has 0 bridgehead atoms. The van der Waals surface area contributed by atoms with Crippen molar-refractivity contribution in [3.63, 3.8) is 0 Å². The Bertz CT molecular complexity index is 1270. The number of hydrogen-bond acceptors (Lipinski definition) is 9. The van der Waals surface area contributed by atoms with Crippen LogP contribution in [-0.2, 0) is 9.84 Å². The van der Waals surface area contributed by atoms with E-state index >= 15 is 0 Å². The van der Waals surface area contributed by atoms with Gasteiger partial charge in [-0.3, -0.25) is 10.1 Å². The second-order valence-corrected chi connectivity index (χ2v) is 9.06. The maximum absolute atomic E-state index is 13.5. The quantitative estimate of drug-likeness (QED) is 0.410. The normalized spacial score (nSPS) is 14.1. The molecule has 2 aromatic carbocycles. The minimum atomic E-state index is -4.15. The molecule has 2 heterocycles. The number of anilines is 1. The summed E-state index contributed by atoms with van der Waals surface area (Å²) in [6.07, 6.45) is 0.686. The highest BCUT2D eigenvalue weighted by Crippen LogP contribution is 2.38. The Morgan fingerprint density at radius 3 is 2.59 bits per heavy atom. The molecule has 0 spiro atoms. The maximum atomic E-state index is 13.5. The first-order valence-corrected chi connectivity index (χ1v) is 11.5. The summed E-state index contributed by atoms with van der Waals surface area (Å²) in [6, 6.07) is 10.0. The number of para-hydroxylation sites is 1. The van der Waals surface area contributed by atoms with E-state index in [0.717, 1.165) is 0 Å². The van der Waals surface area contributed by atoms with Crippen LogP contribution in [0.1, 0.15) is 20.3 Å². The first-order valence-electron chi connectivity index (χ1n) is 9.97. The first kappa shape index (κ1) is 21.6. The summed E-state index contributed by atoms with van der Waals surface area (Å²) in [5.74, 6) is 0.520. The lowest BCUT2D eigenvalue weighted by molar-refractivity contribution is -0.384. The number of hydrogen-bond donors (Lipinski definition) is 1. The summed E-state index contributed by atoms with van der Waals surface area (Å²) in [5, 5.41) is 14.1. The van der Waals surface area contributed by atoms with E-state index < -0.39 is 14.8 Å². The molecule has 10 nitrogen and oxygen atoms in total. The molecule has 0 saturated heterocycles. The largest absolute Gasteiger partial charge is 0.486 e. The van der Waals surface area contributed by atoms with Crippen molar-refractivity contribution in [2.24, 2.45) is 0 Å². The Kier molecular flexibility index (Phi) is 5.74. The van der Waals surface area contributed by atoms with Gasteiger partial charge in [-0.1, -0.05) is 19.1 Å². The van der Waals surface area contributed by atoms with Crippen LogP contribution >= 0.6 is 0 Å². The molecular formula is C21H21N3O7S. The number of ether oxygens (including phenoxy) is 2. The Hall–Kier alpha value is -3.60. The van der Waals surface area contributed by atoms with Crippen molar-refractivity contribution in [3.05, 3.63) is 52.6 Å². The average Bonchev–Trinajstić information content (AvgIpc) is 3.23. The lowest BCUT2D eigenvalue weighted by atomic mass is 10.2. The molecule has 168 valence electrons. The molecule has 1 N–H and O–H groups in total. The first-order chi connectivity index (χ1) is 15.3. The van der Waals surface area contributed by atoms with Crippen molar-refractivity contribution in [2.45, 2.75) is 36.2 Å². The molecule has 1 atom stereocenters. The van der Waals surface area contributed by atoms with Crippen LogP contribution in [0, 0.1) is 10.1 Å². The molecule has 4 rings (SSSR count). The van der Waals surface area contributed by atoms with Crippen LogP contribution in [-0.4, -0.2) is 37.6 Å². The lowest BCUT2D eigenvalue weighted by Crippen LogP contribution is -2.17. The molecular weight excluding hydrogens is 438 g/mol. The summed E-state index contributed by atoms with van der Waals surface area (Å²) in [7, 11) is -4.15. The maximum Gasteiger partial charge on any atom is 0.282 e. The number of fused-ring (bicyclic) bond motifs is 1. The van der Waals surface area contributed by atoms with E-state index in [1.807, 2.05) is 13.8 Å². The molecule has 1 unspecified atom stereocenters. The van der Waals surface area contributed by atoms with Crippen molar-refractivity contribution in [1.29, 1.82) is 0 Å². The highest BCUT2D eigenvalue weighted by atomic mass is 32.2. The monoisotopic (exact) mass is 459 g/mol. The molecule has 1 aliphatic rings. The topological polar surface area (TPSA) is 134 Å². The Morgan fingerprint density at radius 2 is 1.88 bits per heavy atom. The predicted molar refractivity (Wildman–Crippen MR) is 115 cm³/mol. The van der Waals surface area contributed by atoms with Gasteiger partial charge in [-0.15, -0.1) is 0 Å². The zero-order valence-corrected chi connectivity index (χ0v) is 18.2. The number of oxazole rings is 1. The number of nitro benzene ring substituents is 1. The molecule has 32 heavy (non-hydrogen) atoms. The fourth-order valence-electron chi connectivity index (χ4n) is 3.14. The number of rotatable bonds is 7. The molecule has 0 aliphatic carbocycles. The predicted octanol–water partition coefficient (Wildman–Crippen LogP) is 4.06. The Morgan fingerprint density at radius 1 is 1.16 bits per heavy atom. The fraction of sp³-hybridized carbons (Fsp3) is 0.286. The van der Waals surface area contributed by atoms with E-state index in [2.05, 4.69) is 10.3 Å². The SMILES string of the molecule is CCC(C)Nc1oc(-c2ccccc2[N+](=O)[O-])nc1S(=O)(=O)c1ccc2c(c1)OCCO2. The number of sulfone groups is 1. The van der Waals surface area contributed by atoms with E-state index in [1.54, 1.807) is 6.07 Å². The van der Waals surface area contributed by atoms with Gasteiger partial charge in [-0.25, -0.2) is 8.42 Å². The third kappa shape index (κ3) is 3.98. The minimum Gasteiger partial charge on any atom is -0.486 e. The summed E-state index contributed by atoms with van der Waals surface area (Å²) in [5.41, 5.74) is -0.166. The number of nitrogens with one attached hydrogen (secondary N) is 1. The second-order valence-electron chi connectivity index (χ2n) is 7.19. The van der Waals surface area contributed by atoms with Crippen molar-refractivity contribution in [2.75, 3.05) is 18.5 Å². The number of nitro groups is 1. The zero-order valence-electron chi connectivity index (χ0n) is 17.4. The Balaban J connectivity index is 1.85. The van der Waals surface area contributed by atoms with Crippen LogP contribution < -0.4 is 14.8 Å². The van der Waals surface area contributed by atoms with Gasteiger partial charge >= 0.3 is 0 Å². The van der Waals surface area contributed by atoms with Gasteiger partial charge in [-0.05, 0) is 31.5 Å². The molecule has 0 amide bonds. The average molecular weight is 459 g/mol. The van der Waals surface area contributed by atoms with Crippen LogP contribution in [0.25, 0.3) is 11.5 Å². The third-order valence-electron chi connectivity index (χ3n) is 5.00. The molecule has 1 aromatic heterocycles. The molecule has 0 fully saturated rings. The van der Waals surface area contributed by atoms with Crippen LogP contribution in [0.15, 0.2) is 56.8 Å². The summed E-state index contributed by atoms with van der Waals surface area (Å²) in [4.78, 5) is 15.0.